The molecule has 0 aromatic heterocycles. The third kappa shape index (κ3) is 5.62. The molecule has 2 fully saturated rings. The van der Waals surface area contributed by atoms with Crippen molar-refractivity contribution >= 4 is 20.3 Å². The summed E-state index contributed by atoms with van der Waals surface area (Å²) in [4.78, 5) is 26.9. The van der Waals surface area contributed by atoms with Gasteiger partial charge in [-0.1, -0.05) is 70.9 Å². The summed E-state index contributed by atoms with van der Waals surface area (Å²) in [5.41, 5.74) is -1.03. The first kappa shape index (κ1) is 34.9. The molecule has 7 nitrogen and oxygen atoms in total. The van der Waals surface area contributed by atoms with Gasteiger partial charge in [-0.2, -0.15) is 0 Å². The second-order valence-electron chi connectivity index (χ2n) is 14.6. The zero-order valence-electron chi connectivity index (χ0n) is 28.7. The van der Waals surface area contributed by atoms with Crippen molar-refractivity contribution in [3.63, 3.8) is 0 Å². The van der Waals surface area contributed by atoms with E-state index >= 15 is 0 Å². The Hall–Kier alpha value is -2.00. The van der Waals surface area contributed by atoms with Crippen molar-refractivity contribution in [3.05, 3.63) is 47.0 Å². The maximum absolute atomic E-state index is 14.0. The molecule has 7 atom stereocenters. The highest BCUT2D eigenvalue weighted by Gasteiger charge is 2.71. The molecule has 1 unspecified atom stereocenters. The van der Waals surface area contributed by atoms with Crippen LogP contribution in [0.2, 0.25) is 18.1 Å². The Labute approximate surface area is 266 Å². The van der Waals surface area contributed by atoms with E-state index in [0.29, 0.717) is 24.8 Å². The minimum absolute atomic E-state index is 0.239. The number of carbonyl (C=O) groups excluding carboxylic acids is 2. The molecule has 0 amide bonds. The van der Waals surface area contributed by atoms with Crippen LogP contribution < -0.4 is 0 Å². The number of ether oxygens (including phenoxy) is 3. The average Bonchev–Trinajstić information content (AvgIpc) is 2.98. The molecule has 0 heterocycles. The number of fused-ring (bicyclic) bond motifs is 3. The highest BCUT2D eigenvalue weighted by molar-refractivity contribution is 6.73. The van der Waals surface area contributed by atoms with Gasteiger partial charge >= 0.3 is 11.9 Å². The van der Waals surface area contributed by atoms with Crippen molar-refractivity contribution in [3.8, 4) is 0 Å². The van der Waals surface area contributed by atoms with Gasteiger partial charge < -0.3 is 23.7 Å². The van der Waals surface area contributed by atoms with E-state index < -0.39 is 60.4 Å². The molecule has 1 aromatic carbocycles. The summed E-state index contributed by atoms with van der Waals surface area (Å²) in [5, 5.41) is 13.1. The van der Waals surface area contributed by atoms with Gasteiger partial charge in [0.15, 0.2) is 8.32 Å². The molecule has 2 bridgehead atoms. The zero-order valence-corrected chi connectivity index (χ0v) is 29.7. The summed E-state index contributed by atoms with van der Waals surface area (Å²) in [7, 11) is -0.473. The number of methoxy groups -OCH3 is 1. The maximum atomic E-state index is 14.0. The zero-order chi connectivity index (χ0) is 32.7. The quantitative estimate of drug-likeness (QED) is 0.171. The molecule has 0 radical (unpaired) electrons. The van der Waals surface area contributed by atoms with Crippen molar-refractivity contribution in [1.82, 2.24) is 0 Å². The van der Waals surface area contributed by atoms with Gasteiger partial charge in [0.2, 0.25) is 0 Å². The van der Waals surface area contributed by atoms with Crippen molar-refractivity contribution in [1.29, 1.82) is 0 Å². The van der Waals surface area contributed by atoms with Crippen LogP contribution in [0.3, 0.4) is 0 Å². The third-order valence-electron chi connectivity index (χ3n) is 12.3. The van der Waals surface area contributed by atoms with Crippen LogP contribution in [0.5, 0.6) is 0 Å². The van der Waals surface area contributed by atoms with E-state index in [0.717, 1.165) is 31.0 Å². The molecule has 44 heavy (non-hydrogen) atoms. The molecular weight excluding hydrogens is 572 g/mol. The Kier molecular flexibility index (Phi) is 10.0. The number of hydrogen-bond acceptors (Lipinski definition) is 7. The fraction of sp³-hybridized carbons (Fsp3) is 0.722. The van der Waals surface area contributed by atoms with Crippen LogP contribution in [-0.4, -0.2) is 62.0 Å². The summed E-state index contributed by atoms with van der Waals surface area (Å²) in [6.45, 7) is 18.6. The van der Waals surface area contributed by atoms with Crippen LogP contribution in [0.4, 0.5) is 0 Å². The van der Waals surface area contributed by atoms with Crippen LogP contribution in [0.25, 0.3) is 0 Å². The number of esters is 2. The van der Waals surface area contributed by atoms with Crippen LogP contribution in [-0.2, 0) is 23.4 Å². The predicted octanol–water partition coefficient (Wildman–Crippen LogP) is 7.63. The summed E-state index contributed by atoms with van der Waals surface area (Å²) in [6, 6.07) is 11.9. The number of hydrogen-bond donors (Lipinski definition) is 1. The van der Waals surface area contributed by atoms with E-state index in [2.05, 4.69) is 48.5 Å². The lowest BCUT2D eigenvalue weighted by atomic mass is 9.46. The Bertz CT molecular complexity index is 1230. The molecule has 3 aliphatic rings. The summed E-state index contributed by atoms with van der Waals surface area (Å²) in [6.07, 6.45) is 1.41. The van der Waals surface area contributed by atoms with E-state index in [4.69, 9.17) is 18.6 Å². The van der Waals surface area contributed by atoms with Gasteiger partial charge in [0, 0.05) is 37.2 Å². The largest absolute Gasteiger partial charge is 0.456 e. The molecular formula is C36H56O7Si. The second-order valence-corrected chi connectivity index (χ2v) is 19.3. The third-order valence-corrected chi connectivity index (χ3v) is 16.9. The van der Waals surface area contributed by atoms with E-state index in [1.54, 1.807) is 31.4 Å². The van der Waals surface area contributed by atoms with Gasteiger partial charge in [-0.25, -0.2) is 4.79 Å². The first-order valence-corrected chi connectivity index (χ1v) is 19.2. The van der Waals surface area contributed by atoms with E-state index in [1.165, 1.54) is 18.1 Å². The number of allylic oxidation sites excluding steroid dienone is 1. The first-order valence-electron chi connectivity index (χ1n) is 16.7. The van der Waals surface area contributed by atoms with Gasteiger partial charge in [0.1, 0.15) is 17.3 Å². The lowest BCUT2D eigenvalue weighted by molar-refractivity contribution is -0.282. The average molecular weight is 629 g/mol. The summed E-state index contributed by atoms with van der Waals surface area (Å²) >= 11 is 0. The normalized spacial score (nSPS) is 35.2. The topological polar surface area (TPSA) is 91.3 Å². The monoisotopic (exact) mass is 628 g/mol. The van der Waals surface area contributed by atoms with E-state index in [9.17, 15) is 14.7 Å². The lowest BCUT2D eigenvalue weighted by Crippen LogP contribution is -2.74. The standard InChI is InChI=1S/C36H56O7Si/c1-11-44(12-2,13-3)43-28-23-29(40-10)35(9,42-25(5)37)30-31(41-32(38)26-17-15-14-16-18-26)36(39)22-19-24(4)27(33(36,6)7)20-21-34(28,30)8/h14-18,28-31,39H,11-13,19-23H2,1-10H3/t28-,29+,30?,31-,34+,35-,36+/m0/s1. The summed E-state index contributed by atoms with van der Waals surface area (Å²) in [5.74, 6) is -1.55. The van der Waals surface area contributed by atoms with E-state index in [-0.39, 0.29) is 6.10 Å². The lowest BCUT2D eigenvalue weighted by Gasteiger charge is -2.65. The van der Waals surface area contributed by atoms with Gasteiger partial charge in [-0.15, -0.1) is 0 Å². The number of benzene rings is 1. The summed E-state index contributed by atoms with van der Waals surface area (Å²) < 4.78 is 26.5. The van der Waals surface area contributed by atoms with E-state index in [1.807, 2.05) is 13.0 Å². The molecule has 2 saturated carbocycles. The highest BCUT2D eigenvalue weighted by Crippen LogP contribution is 2.63. The van der Waals surface area contributed by atoms with Crippen LogP contribution in [0.15, 0.2) is 41.5 Å². The van der Waals surface area contributed by atoms with Crippen molar-refractivity contribution in [2.45, 2.75) is 142 Å². The molecule has 0 saturated heterocycles. The van der Waals surface area contributed by atoms with Crippen LogP contribution in [0, 0.1) is 16.7 Å². The molecule has 246 valence electrons. The van der Waals surface area contributed by atoms with Crippen LogP contribution >= 0.6 is 0 Å². The number of carbonyl (C=O) groups is 2. The number of rotatable bonds is 9. The molecule has 1 N–H and O–H groups in total. The maximum Gasteiger partial charge on any atom is 0.338 e. The minimum atomic E-state index is -2.12. The Morgan fingerprint density at radius 1 is 0.955 bits per heavy atom. The molecule has 4 rings (SSSR count). The highest BCUT2D eigenvalue weighted by atomic mass is 28.4. The van der Waals surface area contributed by atoms with Gasteiger partial charge in [-0.3, -0.25) is 4.79 Å². The molecule has 0 spiro atoms. The molecule has 8 heteroatoms. The Morgan fingerprint density at radius 3 is 2.11 bits per heavy atom. The SMILES string of the molecule is CC[Si](CC)(CC)O[C@H]1C[C@@H](OC)[C@](C)(OC(C)=O)C2[C@H](OC(=O)c3ccccc3)[C@]3(O)CCC(C)=C(CC[C@@]21C)C3(C)C. The predicted molar refractivity (Wildman–Crippen MR) is 175 cm³/mol. The minimum Gasteiger partial charge on any atom is -0.456 e. The Morgan fingerprint density at radius 2 is 1.57 bits per heavy atom. The smallest absolute Gasteiger partial charge is 0.338 e. The molecule has 1 aromatic rings. The van der Waals surface area contributed by atoms with Crippen LogP contribution in [0.1, 0.15) is 105 Å². The second kappa shape index (κ2) is 12.7. The van der Waals surface area contributed by atoms with Gasteiger partial charge in [0.25, 0.3) is 0 Å². The van der Waals surface area contributed by atoms with Gasteiger partial charge in [0.05, 0.1) is 17.8 Å². The fourth-order valence-electron chi connectivity index (χ4n) is 9.22. The van der Waals surface area contributed by atoms with Gasteiger partial charge in [-0.05, 0) is 69.8 Å². The Balaban J connectivity index is 2.03. The van der Waals surface area contributed by atoms with Crippen molar-refractivity contribution < 1.29 is 33.3 Å². The fourth-order valence-corrected chi connectivity index (χ4v) is 12.2. The molecule has 0 aliphatic heterocycles. The van der Waals surface area contributed by atoms with Crippen molar-refractivity contribution in [2.75, 3.05) is 7.11 Å². The molecule has 3 aliphatic carbocycles. The first-order chi connectivity index (χ1) is 20.6. The van der Waals surface area contributed by atoms with Crippen molar-refractivity contribution in [2.24, 2.45) is 16.7 Å². The number of aliphatic hydroxyl groups is 1.